The fourth-order valence-electron chi connectivity index (χ4n) is 1.83. The average molecular weight is 298 g/mol. The van der Waals surface area contributed by atoms with Crippen molar-refractivity contribution in [2.24, 2.45) is 0 Å². The van der Waals surface area contributed by atoms with Gasteiger partial charge in [0.25, 0.3) is 10.1 Å². The van der Waals surface area contributed by atoms with Crippen molar-refractivity contribution < 1.29 is 17.7 Å². The molecule has 4 nitrogen and oxygen atoms in total. The van der Waals surface area contributed by atoms with Gasteiger partial charge in [0.2, 0.25) is 0 Å². The van der Waals surface area contributed by atoms with E-state index in [4.69, 9.17) is 9.29 Å². The summed E-state index contributed by atoms with van der Waals surface area (Å²) in [5.74, 6) is 0.666. The summed E-state index contributed by atoms with van der Waals surface area (Å²) in [7, 11) is -3.83. The third kappa shape index (κ3) is 6.73. The van der Waals surface area contributed by atoms with Crippen LogP contribution in [0.15, 0.2) is 24.3 Å². The minimum atomic E-state index is -3.83. The minimum absolute atomic E-state index is 0.179. The third-order valence-electron chi connectivity index (χ3n) is 2.82. The summed E-state index contributed by atoms with van der Waals surface area (Å²) < 4.78 is 35.5. The normalized spacial score (nSPS) is 11.9. The van der Waals surface area contributed by atoms with E-state index in [1.807, 2.05) is 44.2 Å². The van der Waals surface area contributed by atoms with Crippen LogP contribution in [0, 0.1) is 6.92 Å². The highest BCUT2D eigenvalue weighted by molar-refractivity contribution is 7.85. The molecule has 0 fully saturated rings. The first-order valence-electron chi connectivity index (χ1n) is 6.73. The molecular weight excluding hydrogens is 276 g/mol. The summed E-state index contributed by atoms with van der Waals surface area (Å²) in [6.45, 7) is 4.51. The molecule has 0 bridgehead atoms. The van der Waals surface area contributed by atoms with Crippen LogP contribution < -0.4 is 4.74 Å². The lowest BCUT2D eigenvalue weighted by molar-refractivity contribution is 0.305. The second-order valence-corrected chi connectivity index (χ2v) is 6.31. The molecule has 0 heterocycles. The van der Waals surface area contributed by atoms with E-state index in [0.717, 1.165) is 23.3 Å². The zero-order valence-corrected chi connectivity index (χ0v) is 12.8. The Morgan fingerprint density at radius 2 is 2.00 bits per heavy atom. The third-order valence-corrected chi connectivity index (χ3v) is 3.62. The molecule has 0 aliphatic carbocycles. The first-order valence-corrected chi connectivity index (χ1v) is 8.34. The molecule has 0 radical (unpaired) electrons. The Balaban J connectivity index is 2.40. The van der Waals surface area contributed by atoms with Crippen molar-refractivity contribution in [2.75, 3.05) is 12.4 Å². The first-order chi connectivity index (χ1) is 9.42. The Labute approximate surface area is 121 Å². The van der Waals surface area contributed by atoms with Gasteiger partial charge in [-0.15, -0.1) is 0 Å². The standard InChI is InChI=1S/C15H22O4S/c1-3-7-14-9-8-13(2)12-15(14)19-10-5-4-6-11-20(16,17)18/h3,7-9,12H,4-6,10-11H2,1-2H3,(H,16,17,18). The molecule has 5 heteroatoms. The Morgan fingerprint density at radius 3 is 2.65 bits per heavy atom. The summed E-state index contributed by atoms with van der Waals surface area (Å²) in [6, 6.07) is 6.05. The molecule has 1 aromatic carbocycles. The van der Waals surface area contributed by atoms with Gasteiger partial charge < -0.3 is 4.74 Å². The van der Waals surface area contributed by atoms with Gasteiger partial charge in [-0.25, -0.2) is 0 Å². The lowest BCUT2D eigenvalue weighted by atomic mass is 10.1. The number of hydrogen-bond donors (Lipinski definition) is 1. The van der Waals surface area contributed by atoms with Crippen LogP contribution >= 0.6 is 0 Å². The van der Waals surface area contributed by atoms with Crippen molar-refractivity contribution in [2.45, 2.75) is 33.1 Å². The van der Waals surface area contributed by atoms with Crippen molar-refractivity contribution >= 4 is 16.2 Å². The number of hydrogen-bond acceptors (Lipinski definition) is 3. The molecule has 0 aliphatic rings. The van der Waals surface area contributed by atoms with Gasteiger partial charge in [-0.3, -0.25) is 4.55 Å². The summed E-state index contributed by atoms with van der Waals surface area (Å²) >= 11 is 0. The van der Waals surface area contributed by atoms with Crippen LogP contribution in [0.3, 0.4) is 0 Å². The van der Waals surface area contributed by atoms with E-state index in [1.165, 1.54) is 0 Å². The van der Waals surface area contributed by atoms with Crippen molar-refractivity contribution in [1.82, 2.24) is 0 Å². The van der Waals surface area contributed by atoms with Gasteiger partial charge in [0, 0.05) is 5.56 Å². The fourth-order valence-corrected chi connectivity index (χ4v) is 2.40. The van der Waals surface area contributed by atoms with E-state index < -0.39 is 10.1 Å². The van der Waals surface area contributed by atoms with E-state index >= 15 is 0 Å². The Kier molecular flexibility index (Phi) is 6.75. The molecular formula is C15H22O4S. The Hall–Kier alpha value is -1.33. The number of rotatable bonds is 8. The SMILES string of the molecule is CC=Cc1ccc(C)cc1OCCCCCS(=O)(=O)O. The Bertz CT molecular complexity index is 547. The van der Waals surface area contributed by atoms with Gasteiger partial charge in [-0.05, 0) is 44.7 Å². The lowest BCUT2D eigenvalue weighted by Gasteiger charge is -2.10. The summed E-state index contributed by atoms with van der Waals surface area (Å²) in [4.78, 5) is 0. The van der Waals surface area contributed by atoms with Crippen LogP contribution in [0.4, 0.5) is 0 Å². The summed E-state index contributed by atoms with van der Waals surface area (Å²) in [5.41, 5.74) is 2.18. The van der Waals surface area contributed by atoms with E-state index in [9.17, 15) is 8.42 Å². The molecule has 0 amide bonds. The van der Waals surface area contributed by atoms with Crippen molar-refractivity contribution in [3.05, 3.63) is 35.4 Å². The van der Waals surface area contributed by atoms with Gasteiger partial charge in [0.1, 0.15) is 5.75 Å². The fraction of sp³-hybridized carbons (Fsp3) is 0.467. The van der Waals surface area contributed by atoms with E-state index in [1.54, 1.807) is 0 Å². The van der Waals surface area contributed by atoms with Gasteiger partial charge in [0.15, 0.2) is 0 Å². The number of ether oxygens (including phenoxy) is 1. The van der Waals surface area contributed by atoms with Crippen LogP contribution in [-0.2, 0) is 10.1 Å². The maximum Gasteiger partial charge on any atom is 0.264 e. The first kappa shape index (κ1) is 16.7. The monoisotopic (exact) mass is 298 g/mol. The molecule has 0 aliphatic heterocycles. The number of unbranched alkanes of at least 4 members (excludes halogenated alkanes) is 2. The van der Waals surface area contributed by atoms with Crippen LogP contribution in [0.25, 0.3) is 6.08 Å². The number of benzene rings is 1. The highest BCUT2D eigenvalue weighted by Crippen LogP contribution is 2.22. The number of allylic oxidation sites excluding steroid dienone is 1. The smallest absolute Gasteiger partial charge is 0.264 e. The molecule has 112 valence electrons. The summed E-state index contributed by atoms with van der Waals surface area (Å²) in [5, 5.41) is 0. The molecule has 1 rings (SSSR count). The van der Waals surface area contributed by atoms with E-state index in [-0.39, 0.29) is 5.75 Å². The molecule has 1 N–H and O–H groups in total. The lowest BCUT2D eigenvalue weighted by Crippen LogP contribution is -2.05. The van der Waals surface area contributed by atoms with Crippen LogP contribution in [0.2, 0.25) is 0 Å². The second-order valence-electron chi connectivity index (χ2n) is 4.74. The molecule has 0 aromatic heterocycles. The van der Waals surface area contributed by atoms with Crippen LogP contribution in [0.1, 0.15) is 37.3 Å². The quantitative estimate of drug-likeness (QED) is 0.589. The molecule has 0 saturated carbocycles. The van der Waals surface area contributed by atoms with Gasteiger partial charge >= 0.3 is 0 Å². The molecule has 0 spiro atoms. The van der Waals surface area contributed by atoms with Crippen molar-refractivity contribution in [1.29, 1.82) is 0 Å². The van der Waals surface area contributed by atoms with Crippen molar-refractivity contribution in [3.63, 3.8) is 0 Å². The molecule has 1 aromatic rings. The molecule has 0 unspecified atom stereocenters. The predicted molar refractivity (Wildman–Crippen MR) is 81.6 cm³/mol. The zero-order valence-electron chi connectivity index (χ0n) is 12.0. The maximum absolute atomic E-state index is 10.6. The minimum Gasteiger partial charge on any atom is -0.493 e. The topological polar surface area (TPSA) is 63.6 Å². The molecule has 0 saturated heterocycles. The highest BCUT2D eigenvalue weighted by Gasteiger charge is 2.04. The van der Waals surface area contributed by atoms with E-state index in [2.05, 4.69) is 0 Å². The van der Waals surface area contributed by atoms with Gasteiger partial charge in [0.05, 0.1) is 12.4 Å². The van der Waals surface area contributed by atoms with E-state index in [0.29, 0.717) is 19.4 Å². The molecule has 20 heavy (non-hydrogen) atoms. The molecule has 0 atom stereocenters. The average Bonchev–Trinajstić information content (AvgIpc) is 2.35. The second kappa shape index (κ2) is 8.07. The van der Waals surface area contributed by atoms with Crippen LogP contribution in [-0.4, -0.2) is 25.3 Å². The highest BCUT2D eigenvalue weighted by atomic mass is 32.2. The zero-order chi connectivity index (χ0) is 15.0. The van der Waals surface area contributed by atoms with Gasteiger partial charge in [-0.2, -0.15) is 8.42 Å². The van der Waals surface area contributed by atoms with Crippen molar-refractivity contribution in [3.8, 4) is 5.75 Å². The maximum atomic E-state index is 10.6. The number of aryl methyl sites for hydroxylation is 1. The predicted octanol–water partition coefficient (Wildman–Crippen LogP) is 3.47. The Morgan fingerprint density at radius 1 is 1.25 bits per heavy atom. The summed E-state index contributed by atoms with van der Waals surface area (Å²) in [6.07, 6.45) is 5.89. The van der Waals surface area contributed by atoms with Gasteiger partial charge in [-0.1, -0.05) is 24.3 Å². The van der Waals surface area contributed by atoms with Crippen LogP contribution in [0.5, 0.6) is 5.75 Å². The largest absolute Gasteiger partial charge is 0.493 e.